The Balaban J connectivity index is 0.000000282. The van der Waals surface area contributed by atoms with Gasteiger partial charge in [-0.1, -0.05) is 34.6 Å². The molecule has 0 amide bonds. The average Bonchev–Trinajstić information content (AvgIpc) is 3.69. The van der Waals surface area contributed by atoms with E-state index in [9.17, 15) is 0 Å². The van der Waals surface area contributed by atoms with Crippen LogP contribution < -0.4 is 21.3 Å². The van der Waals surface area contributed by atoms with Crippen molar-refractivity contribution >= 4 is 0 Å². The van der Waals surface area contributed by atoms with Gasteiger partial charge in [0.2, 0.25) is 0 Å². The molecule has 0 aromatic heterocycles. The molecule has 7 aliphatic rings. The molecule has 7 atom stereocenters. The average molecular weight is 876 g/mol. The molecule has 0 radical (unpaired) electrons. The van der Waals surface area contributed by atoms with Crippen LogP contribution in [0.3, 0.4) is 0 Å². The molecule has 0 bridgehead atoms. The van der Waals surface area contributed by atoms with E-state index < -0.39 is 0 Å². The van der Waals surface area contributed by atoms with E-state index >= 15 is 0 Å². The summed E-state index contributed by atoms with van der Waals surface area (Å²) in [5, 5.41) is 14.7. The molecule has 8 heteroatoms. The van der Waals surface area contributed by atoms with Crippen molar-refractivity contribution in [3.8, 4) is 0 Å². The van der Waals surface area contributed by atoms with Gasteiger partial charge in [-0.25, -0.2) is 0 Å². The summed E-state index contributed by atoms with van der Waals surface area (Å²) in [5.41, 5.74) is 1.42. The van der Waals surface area contributed by atoms with E-state index in [-0.39, 0.29) is 14.9 Å². The zero-order valence-electron chi connectivity index (χ0n) is 43.1. The Morgan fingerprint density at radius 1 is 0.468 bits per heavy atom. The van der Waals surface area contributed by atoms with E-state index in [0.29, 0.717) is 40.3 Å². The maximum absolute atomic E-state index is 3.87. The lowest BCUT2D eigenvalue weighted by Gasteiger charge is -2.32. The molecule has 4 heterocycles. The Labute approximate surface area is 389 Å². The predicted molar refractivity (Wildman–Crippen MR) is 276 cm³/mol. The summed E-state index contributed by atoms with van der Waals surface area (Å²) in [6, 6.07) is 4.66. The van der Waals surface area contributed by atoms with Gasteiger partial charge < -0.3 is 21.3 Å². The van der Waals surface area contributed by atoms with Crippen LogP contribution in [0.15, 0.2) is 0 Å². The fourth-order valence-electron chi connectivity index (χ4n) is 10.7. The Morgan fingerprint density at radius 2 is 0.823 bits per heavy atom. The Hall–Kier alpha value is -0.320. The van der Waals surface area contributed by atoms with Crippen LogP contribution in [-0.2, 0) is 0 Å². The Bertz CT molecular complexity index is 1180. The summed E-state index contributed by atoms with van der Waals surface area (Å²) in [7, 11) is 2.09. The largest absolute Gasteiger partial charge is 0.317 e. The summed E-state index contributed by atoms with van der Waals surface area (Å²) >= 11 is 0. The van der Waals surface area contributed by atoms with Crippen LogP contribution in [0.25, 0.3) is 0 Å². The van der Waals surface area contributed by atoms with Crippen LogP contribution in [0.2, 0.25) is 0 Å². The van der Waals surface area contributed by atoms with Crippen molar-refractivity contribution in [1.29, 1.82) is 0 Å². The molecule has 7 fully saturated rings. The van der Waals surface area contributed by atoms with Gasteiger partial charge in [0.15, 0.2) is 0 Å². The third-order valence-electron chi connectivity index (χ3n) is 15.8. The van der Waals surface area contributed by atoms with Crippen LogP contribution in [-0.4, -0.2) is 144 Å². The van der Waals surface area contributed by atoms with Crippen molar-refractivity contribution in [3.63, 3.8) is 0 Å². The molecule has 4 N–H and O–H groups in total. The van der Waals surface area contributed by atoms with E-state index in [1.165, 1.54) is 142 Å². The van der Waals surface area contributed by atoms with E-state index in [4.69, 9.17) is 0 Å². The smallest absolute Gasteiger partial charge is 0.0125 e. The summed E-state index contributed by atoms with van der Waals surface area (Å²) in [5.74, 6) is 3.47. The molecule has 0 spiro atoms. The normalized spacial score (nSPS) is 28.5. The van der Waals surface area contributed by atoms with Gasteiger partial charge in [0.1, 0.15) is 0 Å². The van der Waals surface area contributed by atoms with E-state index in [1.807, 2.05) is 0 Å². The topological polar surface area (TPSA) is 61.1 Å². The van der Waals surface area contributed by atoms with Crippen molar-refractivity contribution in [3.05, 3.63) is 0 Å². The van der Waals surface area contributed by atoms with Crippen LogP contribution >= 0.6 is 0 Å². The first kappa shape index (κ1) is 57.8. The van der Waals surface area contributed by atoms with Gasteiger partial charge in [0, 0.05) is 84.6 Å². The number of nitrogens with one attached hydrogen (secondary N) is 4. The highest BCUT2D eigenvalue weighted by Crippen LogP contribution is 2.31. The molecular formula is C54H114N8. The highest BCUT2D eigenvalue weighted by molar-refractivity contribution is 4.94. The molecule has 0 aromatic rings. The van der Waals surface area contributed by atoms with Crippen LogP contribution in [0, 0.1) is 23.7 Å². The summed E-state index contributed by atoms with van der Waals surface area (Å²) in [4.78, 5) is 10.5. The molecule has 3 saturated carbocycles. The predicted octanol–water partition coefficient (Wildman–Crippen LogP) is 10.5. The number of hydrogen-bond donors (Lipinski definition) is 4. The minimum absolute atomic E-state index is 0. The van der Waals surface area contributed by atoms with Crippen LogP contribution in [0.1, 0.15) is 202 Å². The second-order valence-corrected chi connectivity index (χ2v) is 24.9. The lowest BCUT2D eigenvalue weighted by molar-refractivity contribution is 0.163. The number of likely N-dealkylation sites (tertiary alicyclic amines) is 4. The number of nitrogens with zero attached hydrogens (tertiary/aromatic N) is 4. The van der Waals surface area contributed by atoms with Crippen molar-refractivity contribution in [1.82, 2.24) is 40.9 Å². The minimum Gasteiger partial charge on any atom is -0.317 e. The van der Waals surface area contributed by atoms with Crippen molar-refractivity contribution < 1.29 is 0 Å². The van der Waals surface area contributed by atoms with Gasteiger partial charge in [-0.05, 0) is 231 Å². The molecule has 4 saturated heterocycles. The lowest BCUT2D eigenvalue weighted by Crippen LogP contribution is -2.43. The molecule has 4 aliphatic heterocycles. The van der Waals surface area contributed by atoms with Gasteiger partial charge in [-0.2, -0.15) is 0 Å². The Morgan fingerprint density at radius 3 is 1.16 bits per heavy atom. The molecule has 8 nitrogen and oxygen atoms in total. The number of rotatable bonds is 12. The summed E-state index contributed by atoms with van der Waals surface area (Å²) in [6.07, 6.45) is 18.0. The highest BCUT2D eigenvalue weighted by atomic mass is 15.2. The van der Waals surface area contributed by atoms with E-state index in [2.05, 4.69) is 152 Å². The number of hydrogen-bond acceptors (Lipinski definition) is 8. The Kier molecular flexibility index (Phi) is 24.0. The zero-order valence-corrected chi connectivity index (χ0v) is 43.1. The van der Waals surface area contributed by atoms with Crippen molar-refractivity contribution in [2.45, 2.75) is 261 Å². The molecule has 0 aromatic carbocycles. The third kappa shape index (κ3) is 19.9. The van der Waals surface area contributed by atoms with Crippen molar-refractivity contribution in [2.24, 2.45) is 23.7 Å². The third-order valence-corrected chi connectivity index (χ3v) is 15.8. The molecular weight excluding hydrogens is 761 g/mol. The van der Waals surface area contributed by atoms with Gasteiger partial charge in [-0.15, -0.1) is 0 Å². The van der Waals surface area contributed by atoms with Crippen LogP contribution in [0.4, 0.5) is 0 Å². The lowest BCUT2D eigenvalue weighted by atomic mass is 9.97. The quantitative estimate of drug-likeness (QED) is 0.155. The van der Waals surface area contributed by atoms with E-state index in [0.717, 1.165) is 41.8 Å². The molecule has 7 unspecified atom stereocenters. The van der Waals surface area contributed by atoms with Gasteiger partial charge >= 0.3 is 0 Å². The summed E-state index contributed by atoms with van der Waals surface area (Å²) < 4.78 is 0. The maximum atomic E-state index is 3.87. The fourth-order valence-corrected chi connectivity index (χ4v) is 10.7. The molecule has 3 aliphatic carbocycles. The van der Waals surface area contributed by atoms with Gasteiger partial charge in [-0.3, -0.25) is 19.6 Å². The second kappa shape index (κ2) is 25.7. The van der Waals surface area contributed by atoms with E-state index in [1.54, 1.807) is 0 Å². The van der Waals surface area contributed by atoms with Crippen molar-refractivity contribution in [2.75, 3.05) is 66.0 Å². The first-order valence-electron chi connectivity index (χ1n) is 25.9. The molecule has 370 valence electrons. The summed E-state index contributed by atoms with van der Waals surface area (Å²) in [6.45, 7) is 46.5. The first-order valence-corrected chi connectivity index (χ1v) is 25.9. The monoisotopic (exact) mass is 875 g/mol. The minimum atomic E-state index is 0. The zero-order chi connectivity index (χ0) is 44.5. The second-order valence-electron chi connectivity index (χ2n) is 24.9. The molecule has 62 heavy (non-hydrogen) atoms. The SMILES string of the molecule is C.C.CC(C)(C)N1CCC(CNC2CC2)C1.CC(NC1CC1)C1CCN(C(C)(C)C)C1.CC(NC1CCCC1)C1CCN(C(C)(C)C)C1.CCC(NC)C1CCN(C(C)(C)C)C1. The molecule has 7 rings (SSSR count). The van der Waals surface area contributed by atoms with Crippen LogP contribution in [0.5, 0.6) is 0 Å². The first-order chi connectivity index (χ1) is 28.0. The van der Waals surface area contributed by atoms with Gasteiger partial charge in [0.25, 0.3) is 0 Å². The standard InChI is InChI=1S/C15H30N2.C13H26N2.C12H24N2.C12H26N2.2CH4/c1-12(16-14-7-5-6-8-14)13-9-10-17(11-13)15(2,3)4;1-10(14-12-5-6-12)11-7-8-15(9-11)13(2,3)4;1-12(2,3)14-7-6-10(9-14)8-13-11-4-5-11;1-6-11(13-5)10-7-8-14(9-10)12(2,3)4;;/h12-14,16H,5-11H2,1-4H3;10-12,14H,5-9H2,1-4H3;10-11,13H,4-9H2,1-3H3;10-11,13H,6-9H2,1-5H3;2*1H4. The highest BCUT2D eigenvalue weighted by Gasteiger charge is 2.37. The van der Waals surface area contributed by atoms with Gasteiger partial charge in [0.05, 0.1) is 0 Å². The fraction of sp³-hybridized carbons (Fsp3) is 1.00. The maximum Gasteiger partial charge on any atom is 0.0125 e.